The van der Waals surface area contributed by atoms with Gasteiger partial charge in [-0.2, -0.15) is 0 Å². The molecule has 3 heteroatoms. The van der Waals surface area contributed by atoms with Gasteiger partial charge in [-0.05, 0) is 54.3 Å². The number of rotatable bonds is 8. The van der Waals surface area contributed by atoms with Gasteiger partial charge in [0.25, 0.3) is 0 Å². The lowest BCUT2D eigenvalue weighted by Gasteiger charge is -2.18. The fraction of sp³-hybridized carbons (Fsp3) is 0.214. The van der Waals surface area contributed by atoms with Crippen LogP contribution < -0.4 is 9.47 Å². The highest BCUT2D eigenvalue weighted by Gasteiger charge is 2.35. The number of ether oxygens (including phenoxy) is 2. The van der Waals surface area contributed by atoms with Crippen LogP contribution in [0.4, 0.5) is 0 Å². The van der Waals surface area contributed by atoms with E-state index in [-0.39, 0.29) is 12.0 Å². The fourth-order valence-electron chi connectivity index (χ4n) is 4.21. The highest BCUT2D eigenvalue weighted by atomic mass is 32.2. The van der Waals surface area contributed by atoms with E-state index in [1.165, 1.54) is 26.5 Å². The Morgan fingerprint density at radius 3 is 2.29 bits per heavy atom. The van der Waals surface area contributed by atoms with Gasteiger partial charge in [0.1, 0.15) is 17.6 Å². The standard InChI is InChI=1S/C28H28O2S/c1-5-10-23-24(11-6-2)28-25(18-26(23)31-22-12-8-7-9-13-22)19(3)27(30-28)20-14-16-21(29-4)17-15-20/h5-9,12-19,27H,1-2,10-11H2,3-4H3/t19-,27-/m0/s1. The van der Waals surface area contributed by atoms with Gasteiger partial charge in [0.05, 0.1) is 7.11 Å². The Morgan fingerprint density at radius 1 is 0.968 bits per heavy atom. The molecule has 4 rings (SSSR count). The van der Waals surface area contributed by atoms with Crippen molar-refractivity contribution in [1.29, 1.82) is 0 Å². The van der Waals surface area contributed by atoms with Crippen molar-refractivity contribution in [1.82, 2.24) is 0 Å². The summed E-state index contributed by atoms with van der Waals surface area (Å²) in [6.45, 7) is 10.3. The third-order valence-corrected chi connectivity index (χ3v) is 6.88. The molecule has 0 fully saturated rings. The van der Waals surface area contributed by atoms with E-state index in [2.05, 4.69) is 68.6 Å². The summed E-state index contributed by atoms with van der Waals surface area (Å²) in [5, 5.41) is 0. The first-order chi connectivity index (χ1) is 15.2. The molecular weight excluding hydrogens is 400 g/mol. The molecule has 158 valence electrons. The third-order valence-electron chi connectivity index (χ3n) is 5.79. The zero-order valence-corrected chi connectivity index (χ0v) is 19.0. The van der Waals surface area contributed by atoms with Crippen molar-refractivity contribution >= 4 is 11.8 Å². The minimum Gasteiger partial charge on any atom is -0.497 e. The van der Waals surface area contributed by atoms with Gasteiger partial charge in [-0.25, -0.2) is 0 Å². The van der Waals surface area contributed by atoms with E-state index < -0.39 is 0 Å². The molecule has 0 N–H and O–H groups in total. The summed E-state index contributed by atoms with van der Waals surface area (Å²) in [5.74, 6) is 2.12. The Kier molecular flexibility index (Phi) is 6.53. The summed E-state index contributed by atoms with van der Waals surface area (Å²) in [7, 11) is 1.69. The number of hydrogen-bond donors (Lipinski definition) is 0. The van der Waals surface area contributed by atoms with Crippen molar-refractivity contribution in [2.75, 3.05) is 7.11 Å². The van der Waals surface area contributed by atoms with Crippen molar-refractivity contribution in [3.05, 3.63) is 108 Å². The van der Waals surface area contributed by atoms with Gasteiger partial charge < -0.3 is 9.47 Å². The summed E-state index contributed by atoms with van der Waals surface area (Å²) < 4.78 is 11.9. The van der Waals surface area contributed by atoms with E-state index in [4.69, 9.17) is 9.47 Å². The topological polar surface area (TPSA) is 18.5 Å². The molecule has 0 radical (unpaired) electrons. The van der Waals surface area contributed by atoms with Crippen molar-refractivity contribution in [2.24, 2.45) is 0 Å². The van der Waals surface area contributed by atoms with Crippen molar-refractivity contribution in [3.63, 3.8) is 0 Å². The van der Waals surface area contributed by atoms with Gasteiger partial charge in [-0.3, -0.25) is 0 Å². The summed E-state index contributed by atoms with van der Waals surface area (Å²) in [5.41, 5.74) is 4.94. The molecule has 0 spiro atoms. The van der Waals surface area contributed by atoms with Gasteiger partial charge in [0, 0.05) is 26.8 Å². The minimum absolute atomic E-state index is 0.0157. The normalized spacial score (nSPS) is 17.0. The molecule has 2 nitrogen and oxygen atoms in total. The quantitative estimate of drug-likeness (QED) is 0.345. The molecule has 2 atom stereocenters. The van der Waals surface area contributed by atoms with Crippen LogP contribution in [0.25, 0.3) is 0 Å². The molecule has 0 amide bonds. The van der Waals surface area contributed by atoms with Crippen LogP contribution in [-0.4, -0.2) is 7.11 Å². The lowest BCUT2D eigenvalue weighted by Crippen LogP contribution is -2.07. The average Bonchev–Trinajstić information content (AvgIpc) is 3.13. The Labute approximate surface area is 189 Å². The lowest BCUT2D eigenvalue weighted by atomic mass is 9.89. The van der Waals surface area contributed by atoms with Crippen molar-refractivity contribution in [3.8, 4) is 11.5 Å². The highest BCUT2D eigenvalue weighted by Crippen LogP contribution is 2.51. The first kappa shape index (κ1) is 21.3. The number of allylic oxidation sites excluding steroid dienone is 2. The van der Waals surface area contributed by atoms with Crippen LogP contribution in [0.15, 0.2) is 95.8 Å². The summed E-state index contributed by atoms with van der Waals surface area (Å²) >= 11 is 1.81. The summed E-state index contributed by atoms with van der Waals surface area (Å²) in [4.78, 5) is 2.50. The molecule has 3 aromatic carbocycles. The molecule has 0 unspecified atom stereocenters. The maximum Gasteiger partial charge on any atom is 0.130 e. The maximum atomic E-state index is 6.62. The zero-order chi connectivity index (χ0) is 21.8. The van der Waals surface area contributed by atoms with Gasteiger partial charge in [0.2, 0.25) is 0 Å². The smallest absolute Gasteiger partial charge is 0.130 e. The van der Waals surface area contributed by atoms with Gasteiger partial charge >= 0.3 is 0 Å². The number of benzene rings is 3. The second-order valence-electron chi connectivity index (χ2n) is 7.75. The van der Waals surface area contributed by atoms with Gasteiger partial charge in [0.15, 0.2) is 0 Å². The maximum absolute atomic E-state index is 6.62. The first-order valence-electron chi connectivity index (χ1n) is 10.6. The van der Waals surface area contributed by atoms with Crippen LogP contribution in [0, 0.1) is 0 Å². The average molecular weight is 429 g/mol. The van der Waals surface area contributed by atoms with Crippen LogP contribution in [0.3, 0.4) is 0 Å². The molecule has 1 heterocycles. The largest absolute Gasteiger partial charge is 0.497 e. The van der Waals surface area contributed by atoms with E-state index in [1.807, 2.05) is 36.0 Å². The van der Waals surface area contributed by atoms with Crippen LogP contribution in [0.1, 0.15) is 41.2 Å². The summed E-state index contributed by atoms with van der Waals surface area (Å²) in [6, 6.07) is 21.1. The predicted octanol–water partition coefficient (Wildman–Crippen LogP) is 7.54. The van der Waals surface area contributed by atoms with E-state index in [9.17, 15) is 0 Å². The molecule has 3 aromatic rings. The van der Waals surface area contributed by atoms with E-state index in [1.54, 1.807) is 7.11 Å². The monoisotopic (exact) mass is 428 g/mol. The first-order valence-corrected chi connectivity index (χ1v) is 11.4. The molecule has 0 saturated carbocycles. The van der Waals surface area contributed by atoms with Crippen LogP contribution in [0.2, 0.25) is 0 Å². The SMILES string of the molecule is C=CCc1c(Sc2ccccc2)cc2c(c1CC=C)O[C@H](c1ccc(OC)cc1)[C@H]2C. The van der Waals surface area contributed by atoms with Crippen LogP contribution in [-0.2, 0) is 12.8 Å². The number of hydrogen-bond acceptors (Lipinski definition) is 3. The Balaban J connectivity index is 1.79. The lowest BCUT2D eigenvalue weighted by molar-refractivity contribution is 0.214. The summed E-state index contributed by atoms with van der Waals surface area (Å²) in [6.07, 6.45) is 5.50. The van der Waals surface area contributed by atoms with Gasteiger partial charge in [-0.1, -0.05) is 61.2 Å². The third kappa shape index (κ3) is 4.28. The second-order valence-corrected chi connectivity index (χ2v) is 8.87. The second kappa shape index (κ2) is 9.49. The van der Waals surface area contributed by atoms with E-state index in [0.29, 0.717) is 0 Å². The molecule has 1 aliphatic rings. The van der Waals surface area contributed by atoms with Crippen LogP contribution >= 0.6 is 11.8 Å². The predicted molar refractivity (Wildman–Crippen MR) is 130 cm³/mol. The molecule has 0 bridgehead atoms. The van der Waals surface area contributed by atoms with E-state index in [0.717, 1.165) is 29.9 Å². The zero-order valence-electron chi connectivity index (χ0n) is 18.1. The number of fused-ring (bicyclic) bond motifs is 1. The Morgan fingerprint density at radius 2 is 1.65 bits per heavy atom. The number of methoxy groups -OCH3 is 1. The molecule has 0 aromatic heterocycles. The van der Waals surface area contributed by atoms with Crippen LogP contribution in [0.5, 0.6) is 11.5 Å². The molecule has 31 heavy (non-hydrogen) atoms. The highest BCUT2D eigenvalue weighted by molar-refractivity contribution is 7.99. The molecule has 0 aliphatic carbocycles. The van der Waals surface area contributed by atoms with E-state index >= 15 is 0 Å². The Hall–Kier alpha value is -2.91. The molecule has 0 saturated heterocycles. The van der Waals surface area contributed by atoms with Gasteiger partial charge in [-0.15, -0.1) is 13.2 Å². The molecule has 1 aliphatic heterocycles. The minimum atomic E-state index is -0.0157. The molecular formula is C28H28O2S. The fourth-order valence-corrected chi connectivity index (χ4v) is 5.27. The van der Waals surface area contributed by atoms with Crippen molar-refractivity contribution in [2.45, 2.75) is 41.6 Å². The van der Waals surface area contributed by atoms with Crippen molar-refractivity contribution < 1.29 is 9.47 Å². The Bertz CT molecular complexity index is 1070.